The molecule has 3 saturated carbocycles. The highest BCUT2D eigenvalue weighted by Crippen LogP contribution is 2.75. The highest BCUT2D eigenvalue weighted by molar-refractivity contribution is 5.41. The second-order valence-electron chi connectivity index (χ2n) is 15.3. The molecular formula is C32H49NO3. The molecule has 3 unspecified atom stereocenters. The van der Waals surface area contributed by atoms with Gasteiger partial charge < -0.3 is 14.7 Å². The molecule has 200 valence electrons. The molecule has 4 nitrogen and oxygen atoms in total. The van der Waals surface area contributed by atoms with Crippen LogP contribution in [0.15, 0.2) is 22.4 Å². The molecule has 4 heteroatoms. The fourth-order valence-electron chi connectivity index (χ4n) is 11.1. The van der Waals surface area contributed by atoms with Crippen LogP contribution in [0.2, 0.25) is 0 Å². The van der Waals surface area contributed by atoms with Crippen LogP contribution in [0.3, 0.4) is 0 Å². The minimum absolute atomic E-state index is 0.0389. The van der Waals surface area contributed by atoms with Crippen molar-refractivity contribution < 1.29 is 14.7 Å². The summed E-state index contributed by atoms with van der Waals surface area (Å²) in [5.41, 5.74) is 3.64. The zero-order chi connectivity index (χ0) is 25.7. The van der Waals surface area contributed by atoms with Gasteiger partial charge in [-0.1, -0.05) is 58.3 Å². The molecule has 5 aliphatic rings. The van der Waals surface area contributed by atoms with Gasteiger partial charge in [-0.3, -0.25) is 0 Å². The lowest BCUT2D eigenvalue weighted by atomic mass is 9.34. The molecule has 3 fully saturated rings. The van der Waals surface area contributed by atoms with Gasteiger partial charge in [-0.05, 0) is 109 Å². The van der Waals surface area contributed by atoms with E-state index in [-0.39, 0.29) is 34.4 Å². The van der Waals surface area contributed by atoms with Crippen molar-refractivity contribution in [1.29, 1.82) is 0 Å². The van der Waals surface area contributed by atoms with Gasteiger partial charge in [0, 0.05) is 18.1 Å². The van der Waals surface area contributed by atoms with E-state index >= 15 is 0 Å². The number of hydrogen-bond acceptors (Lipinski definition) is 4. The molecule has 0 aliphatic heterocycles. The lowest BCUT2D eigenvalue weighted by Gasteiger charge is -2.70. The Hall–Kier alpha value is -1.13. The molecule has 0 saturated heterocycles. The van der Waals surface area contributed by atoms with Gasteiger partial charge in [-0.25, -0.2) is 0 Å². The minimum Gasteiger partial charge on any atom is -0.396 e. The maximum Gasteiger partial charge on any atom is 0.143 e. The molecule has 36 heavy (non-hydrogen) atoms. The van der Waals surface area contributed by atoms with E-state index < -0.39 is 0 Å². The smallest absolute Gasteiger partial charge is 0.143 e. The van der Waals surface area contributed by atoms with Crippen molar-refractivity contribution in [2.75, 3.05) is 6.61 Å². The number of rotatable bonds is 3. The molecule has 9 atom stereocenters. The van der Waals surface area contributed by atoms with Crippen LogP contribution in [0.5, 0.6) is 0 Å². The highest BCUT2D eigenvalue weighted by Gasteiger charge is 2.68. The third-order valence-electron chi connectivity index (χ3n) is 13.2. The summed E-state index contributed by atoms with van der Waals surface area (Å²) in [6.07, 6.45) is 15.5. The summed E-state index contributed by atoms with van der Waals surface area (Å²) in [4.78, 5) is 0. The zero-order valence-electron chi connectivity index (χ0n) is 23.6. The second kappa shape index (κ2) is 7.94. The van der Waals surface area contributed by atoms with Crippen molar-refractivity contribution in [3.8, 4) is 0 Å². The standard InChI is InChI=1S/C32H49NO3/c1-20-22-8-10-30(5)25(29(22,4)17-21-19-33-36-27(20)21)16-24(35)26-23-18-28(2,3)11-13-32(23,9-7-15-34)14-12-31(26,30)6/h16,19-20,22-24,26,34-35H,7-15,17-18H2,1-6H3/t20-,22-,23?,24?,26?,29-,30+,31+,32+/m0/s1. The average molecular weight is 496 g/mol. The van der Waals surface area contributed by atoms with E-state index in [9.17, 15) is 10.2 Å². The summed E-state index contributed by atoms with van der Waals surface area (Å²) >= 11 is 0. The molecular weight excluding hydrogens is 446 g/mol. The quantitative estimate of drug-likeness (QED) is 0.441. The molecule has 1 heterocycles. The topological polar surface area (TPSA) is 66.5 Å². The van der Waals surface area contributed by atoms with Crippen LogP contribution < -0.4 is 0 Å². The maximum absolute atomic E-state index is 12.1. The van der Waals surface area contributed by atoms with Gasteiger partial charge in [-0.15, -0.1) is 0 Å². The Morgan fingerprint density at radius 2 is 1.78 bits per heavy atom. The van der Waals surface area contributed by atoms with Crippen molar-refractivity contribution in [1.82, 2.24) is 5.16 Å². The number of hydrogen-bond donors (Lipinski definition) is 2. The molecule has 0 radical (unpaired) electrons. The van der Waals surface area contributed by atoms with E-state index in [1.54, 1.807) is 0 Å². The lowest BCUT2D eigenvalue weighted by Crippen LogP contribution is -2.65. The summed E-state index contributed by atoms with van der Waals surface area (Å²) < 4.78 is 5.74. The maximum atomic E-state index is 12.1. The molecule has 6 rings (SSSR count). The molecule has 1 aromatic heterocycles. The summed E-state index contributed by atoms with van der Waals surface area (Å²) in [7, 11) is 0. The zero-order valence-corrected chi connectivity index (χ0v) is 23.6. The van der Waals surface area contributed by atoms with Gasteiger partial charge in [0.1, 0.15) is 5.76 Å². The minimum atomic E-state index is -0.388. The van der Waals surface area contributed by atoms with Gasteiger partial charge in [0.25, 0.3) is 0 Å². The fraction of sp³-hybridized carbons (Fsp3) is 0.844. The lowest BCUT2D eigenvalue weighted by molar-refractivity contribution is -0.188. The third kappa shape index (κ3) is 3.15. The summed E-state index contributed by atoms with van der Waals surface area (Å²) in [6.45, 7) is 15.1. The number of fused-ring (bicyclic) bond motifs is 8. The monoisotopic (exact) mass is 495 g/mol. The first-order chi connectivity index (χ1) is 16.9. The Labute approximate surface area is 218 Å². The SMILES string of the molecule is C[C@@H]1c2oncc2C[C@]2(C)C3=CC(O)C4C5CC(C)(C)CC[C@]5(CCCO)CC[C@@]4(C)[C@]3(C)CC[C@@H]12. The Morgan fingerprint density at radius 3 is 2.53 bits per heavy atom. The van der Waals surface area contributed by atoms with Gasteiger partial charge >= 0.3 is 0 Å². The normalized spacial score (nSPS) is 49.1. The Bertz CT molecular complexity index is 1060. The molecule has 1 aromatic rings. The summed E-state index contributed by atoms with van der Waals surface area (Å²) in [5.74, 6) is 2.82. The number of aliphatic hydroxyl groups excluding tert-OH is 2. The number of nitrogens with zero attached hydrogens (tertiary/aromatic N) is 1. The number of allylic oxidation sites excluding steroid dienone is 1. The number of aliphatic hydroxyl groups is 2. The Kier molecular flexibility index (Phi) is 5.55. The predicted octanol–water partition coefficient (Wildman–Crippen LogP) is 7.06. The molecule has 0 aromatic carbocycles. The predicted molar refractivity (Wildman–Crippen MR) is 142 cm³/mol. The van der Waals surface area contributed by atoms with Gasteiger partial charge in [0.2, 0.25) is 0 Å². The van der Waals surface area contributed by atoms with Crippen LogP contribution in [0.25, 0.3) is 0 Å². The number of aromatic nitrogens is 1. The van der Waals surface area contributed by atoms with Crippen molar-refractivity contribution >= 4 is 0 Å². The van der Waals surface area contributed by atoms with Crippen molar-refractivity contribution in [2.45, 2.75) is 118 Å². The molecule has 0 bridgehead atoms. The van der Waals surface area contributed by atoms with E-state index in [2.05, 4.69) is 52.8 Å². The van der Waals surface area contributed by atoms with E-state index in [1.807, 2.05) is 6.20 Å². The third-order valence-corrected chi connectivity index (χ3v) is 13.2. The first-order valence-electron chi connectivity index (χ1n) is 14.9. The van der Waals surface area contributed by atoms with Crippen LogP contribution in [0.1, 0.15) is 117 Å². The van der Waals surface area contributed by atoms with E-state index in [1.165, 1.54) is 56.1 Å². The van der Waals surface area contributed by atoms with Crippen LogP contribution in [-0.2, 0) is 6.42 Å². The molecule has 2 N–H and O–H groups in total. The second-order valence-corrected chi connectivity index (χ2v) is 15.3. The van der Waals surface area contributed by atoms with Crippen LogP contribution in [0.4, 0.5) is 0 Å². The van der Waals surface area contributed by atoms with Crippen LogP contribution >= 0.6 is 0 Å². The van der Waals surface area contributed by atoms with Gasteiger partial charge in [0.05, 0.1) is 12.3 Å². The van der Waals surface area contributed by atoms with E-state index in [4.69, 9.17) is 4.52 Å². The largest absolute Gasteiger partial charge is 0.396 e. The Morgan fingerprint density at radius 1 is 1.03 bits per heavy atom. The Balaban J connectivity index is 1.46. The van der Waals surface area contributed by atoms with Gasteiger partial charge in [-0.2, -0.15) is 0 Å². The fourth-order valence-corrected chi connectivity index (χ4v) is 11.1. The van der Waals surface area contributed by atoms with E-state index in [0.717, 1.165) is 25.0 Å². The van der Waals surface area contributed by atoms with Gasteiger partial charge in [0.15, 0.2) is 0 Å². The highest BCUT2D eigenvalue weighted by atomic mass is 16.5. The summed E-state index contributed by atoms with van der Waals surface area (Å²) in [6, 6.07) is 0. The molecule has 0 spiro atoms. The molecule has 5 aliphatic carbocycles. The summed E-state index contributed by atoms with van der Waals surface area (Å²) in [5, 5.41) is 26.1. The van der Waals surface area contributed by atoms with E-state index in [0.29, 0.717) is 29.1 Å². The first-order valence-corrected chi connectivity index (χ1v) is 14.9. The van der Waals surface area contributed by atoms with Crippen LogP contribution in [-0.4, -0.2) is 28.1 Å². The van der Waals surface area contributed by atoms with Crippen LogP contribution in [0, 0.1) is 44.8 Å². The van der Waals surface area contributed by atoms with Crippen molar-refractivity contribution in [3.63, 3.8) is 0 Å². The molecule has 0 amide bonds. The first kappa shape index (κ1) is 25.2. The average Bonchev–Trinajstić information content (AvgIpc) is 3.28. The van der Waals surface area contributed by atoms with Crippen molar-refractivity contribution in [2.24, 2.45) is 44.8 Å². The van der Waals surface area contributed by atoms with Crippen molar-refractivity contribution in [3.05, 3.63) is 29.2 Å².